The van der Waals surface area contributed by atoms with Gasteiger partial charge in [-0.25, -0.2) is 14.8 Å². The van der Waals surface area contributed by atoms with E-state index in [0.29, 0.717) is 25.1 Å². The van der Waals surface area contributed by atoms with Crippen LogP contribution in [0.5, 0.6) is 0 Å². The summed E-state index contributed by atoms with van der Waals surface area (Å²) in [7, 11) is -0.923. The van der Waals surface area contributed by atoms with Crippen molar-refractivity contribution in [3.05, 3.63) is 36.0 Å². The molecule has 2 aromatic rings. The summed E-state index contributed by atoms with van der Waals surface area (Å²) >= 11 is 0. The second-order valence-corrected chi connectivity index (χ2v) is 12.6. The number of nitrogens with zero attached hydrogens (tertiary/aromatic N) is 3. The minimum atomic E-state index is -0.923. The second kappa shape index (κ2) is 10.1. The van der Waals surface area contributed by atoms with Crippen molar-refractivity contribution in [3.63, 3.8) is 0 Å². The number of carbonyl (C=O) groups is 1. The van der Waals surface area contributed by atoms with Gasteiger partial charge >= 0.3 is 6.03 Å². The summed E-state index contributed by atoms with van der Waals surface area (Å²) in [6, 6.07) is 9.90. The first-order chi connectivity index (χ1) is 17.6. The predicted molar refractivity (Wildman–Crippen MR) is 142 cm³/mol. The number of morpholine rings is 1. The molecule has 0 spiro atoms. The lowest BCUT2D eigenvalue weighted by atomic mass is 9.93. The van der Waals surface area contributed by atoms with E-state index in [1.54, 1.807) is 0 Å². The summed E-state index contributed by atoms with van der Waals surface area (Å²) in [6.45, 7) is 2.93. The molecule has 2 heterocycles. The van der Waals surface area contributed by atoms with Crippen LogP contribution in [-0.2, 0) is 20.3 Å². The summed E-state index contributed by atoms with van der Waals surface area (Å²) in [4.78, 5) is 24.4. The molecule has 1 saturated heterocycles. The summed E-state index contributed by atoms with van der Waals surface area (Å²) < 4.78 is 18.9. The van der Waals surface area contributed by atoms with Crippen LogP contribution in [0.1, 0.15) is 63.5 Å². The van der Waals surface area contributed by atoms with Crippen molar-refractivity contribution in [2.75, 3.05) is 36.5 Å². The van der Waals surface area contributed by atoms with Crippen LogP contribution in [0, 0.1) is 0 Å². The molecule has 0 bridgehead atoms. The van der Waals surface area contributed by atoms with Gasteiger partial charge in [0.15, 0.2) is 5.82 Å². The maximum absolute atomic E-state index is 13.7. The monoisotopic (exact) mass is 509 g/mol. The van der Waals surface area contributed by atoms with E-state index in [4.69, 9.17) is 14.7 Å². The van der Waals surface area contributed by atoms with Crippen LogP contribution in [0.25, 0.3) is 11.4 Å². The van der Waals surface area contributed by atoms with E-state index in [1.165, 1.54) is 19.3 Å². The van der Waals surface area contributed by atoms with E-state index in [2.05, 4.69) is 21.6 Å². The molecular weight excluding hydrogens is 474 g/mol. The van der Waals surface area contributed by atoms with Crippen LogP contribution in [0.4, 0.5) is 16.3 Å². The Morgan fingerprint density at radius 2 is 1.72 bits per heavy atom. The number of nitrogens with one attached hydrogen (secondary N) is 2. The fourth-order valence-electron chi connectivity index (χ4n) is 5.45. The van der Waals surface area contributed by atoms with E-state index < -0.39 is 10.8 Å². The van der Waals surface area contributed by atoms with Gasteiger partial charge < -0.3 is 20.3 Å². The Kier molecular flexibility index (Phi) is 6.69. The maximum Gasteiger partial charge on any atom is 0.319 e. The molecule has 1 atom stereocenters. The van der Waals surface area contributed by atoms with Crippen LogP contribution in [-0.4, -0.2) is 57.8 Å². The van der Waals surface area contributed by atoms with E-state index in [0.717, 1.165) is 74.4 Å². The Labute approximate surface area is 215 Å². The van der Waals surface area contributed by atoms with Crippen LogP contribution < -0.4 is 15.5 Å². The molecule has 3 aliphatic carbocycles. The predicted octanol–water partition coefficient (Wildman–Crippen LogP) is 4.33. The van der Waals surface area contributed by atoms with Crippen LogP contribution in [0.2, 0.25) is 0 Å². The summed E-state index contributed by atoms with van der Waals surface area (Å²) in [5, 5.41) is 6.21. The van der Waals surface area contributed by atoms with Gasteiger partial charge in [0.2, 0.25) is 0 Å². The zero-order valence-corrected chi connectivity index (χ0v) is 21.5. The number of ether oxygens (including phenoxy) is 1. The van der Waals surface area contributed by atoms with Crippen molar-refractivity contribution < 1.29 is 13.7 Å². The second-order valence-electron chi connectivity index (χ2n) is 10.5. The van der Waals surface area contributed by atoms with Gasteiger partial charge in [0, 0.05) is 52.5 Å². The maximum atomic E-state index is 13.7. The molecule has 2 amide bonds. The zero-order chi connectivity index (χ0) is 24.5. The number of rotatable bonds is 7. The van der Waals surface area contributed by atoms with Crippen LogP contribution in [0.3, 0.4) is 0 Å². The Bertz CT molecular complexity index is 1120. The largest absolute Gasteiger partial charge is 0.378 e. The zero-order valence-electron chi connectivity index (χ0n) is 20.7. The third-order valence-corrected chi connectivity index (χ3v) is 10.5. The molecule has 0 radical (unpaired) electrons. The van der Waals surface area contributed by atoms with Gasteiger partial charge in [-0.05, 0) is 69.2 Å². The van der Waals surface area contributed by atoms with Gasteiger partial charge in [0.05, 0.1) is 23.7 Å². The average Bonchev–Trinajstić information content (AvgIpc) is 3.52. The molecule has 9 heteroatoms. The first-order valence-electron chi connectivity index (χ1n) is 13.4. The van der Waals surface area contributed by atoms with Crippen molar-refractivity contribution >= 4 is 28.3 Å². The number of benzene rings is 1. The third kappa shape index (κ3) is 4.87. The number of carbonyl (C=O) groups excluding carboxylic acids is 1. The molecular formula is C27H35N5O3S. The standard InChI is InChI=1S/C27H35N5O3S/c33-26(28-20-4-3-5-20)29-21-10-8-19(9-11-21)25-30-23(18-24(31-25)32-14-16-35-17-15-32)27(12-13-27)36(34)22-6-1-2-7-22/h8-11,18,20,22H,1-7,12-17H2,(H2,28,29,33). The number of hydrogen-bond donors (Lipinski definition) is 2. The molecule has 192 valence electrons. The number of anilines is 2. The van der Waals surface area contributed by atoms with Crippen LogP contribution >= 0.6 is 0 Å². The first kappa shape index (κ1) is 23.9. The first-order valence-corrected chi connectivity index (χ1v) is 14.6. The molecule has 1 unspecified atom stereocenters. The van der Waals surface area contributed by atoms with Crippen molar-refractivity contribution in [2.45, 2.75) is 73.8 Å². The van der Waals surface area contributed by atoms with Crippen molar-refractivity contribution in [1.29, 1.82) is 0 Å². The van der Waals surface area contributed by atoms with Crippen molar-refractivity contribution in [2.24, 2.45) is 0 Å². The quantitative estimate of drug-likeness (QED) is 0.577. The van der Waals surface area contributed by atoms with E-state index in [1.807, 2.05) is 24.3 Å². The topological polar surface area (TPSA) is 96.5 Å². The normalized spacial score (nSPS) is 22.6. The molecule has 6 rings (SSSR count). The van der Waals surface area contributed by atoms with Gasteiger partial charge in [0.25, 0.3) is 0 Å². The molecule has 36 heavy (non-hydrogen) atoms. The van der Waals surface area contributed by atoms with E-state index in [9.17, 15) is 9.00 Å². The van der Waals surface area contributed by atoms with E-state index in [-0.39, 0.29) is 16.0 Å². The van der Waals surface area contributed by atoms with Crippen LogP contribution in [0.15, 0.2) is 30.3 Å². The average molecular weight is 510 g/mol. The number of hydrogen-bond acceptors (Lipinski definition) is 6. The Hall–Kier alpha value is -2.52. The van der Waals surface area contributed by atoms with Crippen molar-refractivity contribution in [3.8, 4) is 11.4 Å². The lowest BCUT2D eigenvalue weighted by Crippen LogP contribution is -2.41. The molecule has 8 nitrogen and oxygen atoms in total. The van der Waals surface area contributed by atoms with Gasteiger partial charge in [-0.3, -0.25) is 4.21 Å². The Morgan fingerprint density at radius 1 is 1.00 bits per heavy atom. The summed E-state index contributed by atoms with van der Waals surface area (Å²) in [6.07, 6.45) is 9.62. The summed E-state index contributed by atoms with van der Waals surface area (Å²) in [5.74, 6) is 1.53. The highest BCUT2D eigenvalue weighted by atomic mass is 32.2. The number of aromatic nitrogens is 2. The number of urea groups is 1. The molecule has 4 fully saturated rings. The Balaban J connectivity index is 1.27. The van der Waals surface area contributed by atoms with Gasteiger partial charge in [-0.2, -0.15) is 0 Å². The molecule has 1 aliphatic heterocycles. The fourth-order valence-corrected chi connectivity index (χ4v) is 7.67. The highest BCUT2D eigenvalue weighted by molar-refractivity contribution is 7.87. The lowest BCUT2D eigenvalue weighted by Gasteiger charge is -2.29. The highest BCUT2D eigenvalue weighted by Crippen LogP contribution is 2.53. The highest BCUT2D eigenvalue weighted by Gasteiger charge is 2.54. The molecule has 2 N–H and O–H groups in total. The van der Waals surface area contributed by atoms with Gasteiger partial charge in [-0.1, -0.05) is 12.8 Å². The third-order valence-electron chi connectivity index (χ3n) is 8.05. The minimum absolute atomic E-state index is 0.162. The smallest absolute Gasteiger partial charge is 0.319 e. The van der Waals surface area contributed by atoms with Crippen molar-refractivity contribution in [1.82, 2.24) is 15.3 Å². The molecule has 3 saturated carbocycles. The lowest BCUT2D eigenvalue weighted by molar-refractivity contribution is 0.122. The van der Waals surface area contributed by atoms with E-state index >= 15 is 0 Å². The SMILES string of the molecule is O=C(Nc1ccc(-c2nc(N3CCOCC3)cc(C3(S(=O)C4CCCC4)CC3)n2)cc1)NC1CCC1. The summed E-state index contributed by atoms with van der Waals surface area (Å²) in [5.41, 5.74) is 2.54. The Morgan fingerprint density at radius 3 is 2.36 bits per heavy atom. The number of amides is 2. The van der Waals surface area contributed by atoms with Gasteiger partial charge in [0.1, 0.15) is 5.82 Å². The minimum Gasteiger partial charge on any atom is -0.378 e. The molecule has 1 aromatic heterocycles. The molecule has 4 aliphatic rings. The molecule has 1 aromatic carbocycles. The van der Waals surface area contributed by atoms with Gasteiger partial charge in [-0.15, -0.1) is 0 Å². The fraction of sp³-hybridized carbons (Fsp3) is 0.593.